The van der Waals surface area contributed by atoms with Crippen molar-refractivity contribution < 1.29 is 4.79 Å². The first kappa shape index (κ1) is 15.8. The Hall–Kier alpha value is -0.610. The molecule has 0 spiro atoms. The van der Waals surface area contributed by atoms with Gasteiger partial charge in [0, 0.05) is 38.1 Å². The fraction of sp³-hybridized carbons (Fsp3) is 0.938. The van der Waals surface area contributed by atoms with Crippen molar-refractivity contribution in [1.29, 1.82) is 0 Å². The molecule has 1 saturated heterocycles. The third-order valence-corrected chi connectivity index (χ3v) is 5.03. The van der Waals surface area contributed by atoms with Gasteiger partial charge in [-0.05, 0) is 58.4 Å². The number of carbonyl (C=O) groups is 1. The molecule has 20 heavy (non-hydrogen) atoms. The van der Waals surface area contributed by atoms with Crippen molar-refractivity contribution in [2.24, 2.45) is 17.6 Å². The van der Waals surface area contributed by atoms with Crippen molar-refractivity contribution in [3.8, 4) is 0 Å². The highest BCUT2D eigenvalue weighted by molar-refractivity contribution is 5.77. The van der Waals surface area contributed by atoms with Crippen LogP contribution in [0.2, 0.25) is 0 Å². The molecule has 2 aliphatic rings. The third-order valence-electron chi connectivity index (χ3n) is 5.03. The predicted molar refractivity (Wildman–Crippen MR) is 82.4 cm³/mol. The Kier molecular flexibility index (Phi) is 5.44. The van der Waals surface area contributed by atoms with Crippen molar-refractivity contribution in [2.75, 3.05) is 26.7 Å². The lowest BCUT2D eigenvalue weighted by atomic mass is 9.95. The number of hydrogen-bond donors (Lipinski definition) is 1. The molecule has 1 aliphatic heterocycles. The van der Waals surface area contributed by atoms with E-state index in [-0.39, 0.29) is 11.9 Å². The Morgan fingerprint density at radius 1 is 1.25 bits per heavy atom. The van der Waals surface area contributed by atoms with E-state index in [0.717, 1.165) is 38.4 Å². The highest BCUT2D eigenvalue weighted by Crippen LogP contribution is 2.33. The van der Waals surface area contributed by atoms with E-state index in [1.807, 2.05) is 4.90 Å². The normalized spacial score (nSPS) is 22.6. The highest BCUT2D eigenvalue weighted by Gasteiger charge is 2.32. The van der Waals surface area contributed by atoms with E-state index >= 15 is 0 Å². The first-order valence-corrected chi connectivity index (χ1v) is 8.21. The van der Waals surface area contributed by atoms with E-state index in [9.17, 15) is 4.79 Å². The smallest absolute Gasteiger partial charge is 0.224 e. The van der Waals surface area contributed by atoms with Gasteiger partial charge < -0.3 is 15.5 Å². The van der Waals surface area contributed by atoms with Crippen LogP contribution in [-0.2, 0) is 4.79 Å². The molecule has 0 aromatic heterocycles. The number of nitrogens with zero attached hydrogens (tertiary/aromatic N) is 2. The summed E-state index contributed by atoms with van der Waals surface area (Å²) in [6.45, 7) is 7.47. The summed E-state index contributed by atoms with van der Waals surface area (Å²) in [4.78, 5) is 16.7. The molecule has 0 radical (unpaired) electrons. The zero-order valence-corrected chi connectivity index (χ0v) is 13.3. The Morgan fingerprint density at radius 2 is 1.85 bits per heavy atom. The molecule has 4 nitrogen and oxygen atoms in total. The molecule has 0 aromatic carbocycles. The number of hydrogen-bond acceptors (Lipinski definition) is 3. The van der Waals surface area contributed by atoms with Crippen LogP contribution in [-0.4, -0.2) is 54.5 Å². The average Bonchev–Trinajstić information content (AvgIpc) is 3.23. The molecule has 4 heteroatoms. The van der Waals surface area contributed by atoms with Gasteiger partial charge in [0.1, 0.15) is 0 Å². The van der Waals surface area contributed by atoms with E-state index < -0.39 is 0 Å². The summed E-state index contributed by atoms with van der Waals surface area (Å²) in [6.07, 6.45) is 5.28. The van der Waals surface area contributed by atoms with Crippen molar-refractivity contribution in [3.05, 3.63) is 0 Å². The molecule has 2 N–H and O–H groups in total. The molecule has 1 saturated carbocycles. The summed E-state index contributed by atoms with van der Waals surface area (Å²) in [7, 11) is 2.19. The average molecular weight is 281 g/mol. The standard InChI is InChI=1S/C16H31N3O/c1-12(2)18(3)11-13-6-8-19(9-7-13)16(20)10-15(17)14-4-5-14/h12-15H,4-11,17H2,1-3H3. The minimum absolute atomic E-state index is 0.104. The van der Waals surface area contributed by atoms with E-state index in [1.54, 1.807) is 0 Å². The van der Waals surface area contributed by atoms with Gasteiger partial charge in [0.2, 0.25) is 5.91 Å². The molecule has 1 amide bonds. The number of piperidine rings is 1. The summed E-state index contributed by atoms with van der Waals surface area (Å²) in [5.74, 6) is 1.64. The fourth-order valence-electron chi connectivity index (χ4n) is 3.00. The second-order valence-electron chi connectivity index (χ2n) is 7.06. The lowest BCUT2D eigenvalue weighted by Gasteiger charge is -2.35. The zero-order chi connectivity index (χ0) is 14.7. The Bertz CT molecular complexity index is 320. The number of amides is 1. The summed E-state index contributed by atoms with van der Waals surface area (Å²) >= 11 is 0. The molecule has 1 atom stereocenters. The van der Waals surface area contributed by atoms with Gasteiger partial charge in [-0.1, -0.05) is 0 Å². The second kappa shape index (κ2) is 6.90. The molecule has 1 unspecified atom stereocenters. The summed E-state index contributed by atoms with van der Waals surface area (Å²) in [5, 5.41) is 0. The van der Waals surface area contributed by atoms with Crippen LogP contribution in [0.25, 0.3) is 0 Å². The molecule has 2 fully saturated rings. The van der Waals surface area contributed by atoms with Gasteiger partial charge in [-0.15, -0.1) is 0 Å². The van der Waals surface area contributed by atoms with Gasteiger partial charge in [-0.25, -0.2) is 0 Å². The lowest BCUT2D eigenvalue weighted by Crippen LogP contribution is -2.43. The molecule has 2 rings (SSSR count). The molecular weight excluding hydrogens is 250 g/mol. The summed E-state index contributed by atoms with van der Waals surface area (Å²) in [6, 6.07) is 0.707. The maximum absolute atomic E-state index is 12.2. The Morgan fingerprint density at radius 3 is 2.35 bits per heavy atom. The topological polar surface area (TPSA) is 49.6 Å². The van der Waals surface area contributed by atoms with E-state index in [2.05, 4.69) is 25.8 Å². The van der Waals surface area contributed by atoms with E-state index in [1.165, 1.54) is 12.8 Å². The molecule has 116 valence electrons. The fourth-order valence-corrected chi connectivity index (χ4v) is 3.00. The lowest BCUT2D eigenvalue weighted by molar-refractivity contribution is -0.133. The molecule has 0 bridgehead atoms. The van der Waals surface area contributed by atoms with Gasteiger partial charge >= 0.3 is 0 Å². The van der Waals surface area contributed by atoms with E-state index in [4.69, 9.17) is 5.73 Å². The number of nitrogens with two attached hydrogens (primary N) is 1. The van der Waals surface area contributed by atoms with E-state index in [0.29, 0.717) is 18.4 Å². The van der Waals surface area contributed by atoms with Gasteiger partial charge in [-0.3, -0.25) is 4.79 Å². The minimum atomic E-state index is 0.104. The van der Waals surface area contributed by atoms with Crippen molar-refractivity contribution in [1.82, 2.24) is 9.80 Å². The largest absolute Gasteiger partial charge is 0.343 e. The molecule has 1 heterocycles. The van der Waals surface area contributed by atoms with Crippen LogP contribution >= 0.6 is 0 Å². The quantitative estimate of drug-likeness (QED) is 0.806. The Labute approximate surface area is 123 Å². The molecular formula is C16H31N3O. The van der Waals surface area contributed by atoms with Crippen molar-refractivity contribution in [2.45, 2.75) is 58.0 Å². The van der Waals surface area contributed by atoms with Crippen LogP contribution in [0.15, 0.2) is 0 Å². The van der Waals surface area contributed by atoms with Crippen LogP contribution in [0.4, 0.5) is 0 Å². The van der Waals surface area contributed by atoms with Gasteiger partial charge in [-0.2, -0.15) is 0 Å². The van der Waals surface area contributed by atoms with Crippen LogP contribution in [0, 0.1) is 11.8 Å². The first-order valence-electron chi connectivity index (χ1n) is 8.21. The van der Waals surface area contributed by atoms with Gasteiger partial charge in [0.05, 0.1) is 0 Å². The van der Waals surface area contributed by atoms with Gasteiger partial charge in [0.15, 0.2) is 0 Å². The van der Waals surface area contributed by atoms with Crippen LogP contribution in [0.1, 0.15) is 46.0 Å². The Balaban J connectivity index is 1.69. The van der Waals surface area contributed by atoms with Gasteiger partial charge in [0.25, 0.3) is 0 Å². The zero-order valence-electron chi connectivity index (χ0n) is 13.3. The van der Waals surface area contributed by atoms with Crippen molar-refractivity contribution >= 4 is 5.91 Å². The van der Waals surface area contributed by atoms with Crippen molar-refractivity contribution in [3.63, 3.8) is 0 Å². The minimum Gasteiger partial charge on any atom is -0.343 e. The number of likely N-dealkylation sites (tertiary alicyclic amines) is 1. The number of carbonyl (C=O) groups excluding carboxylic acids is 1. The maximum Gasteiger partial charge on any atom is 0.224 e. The predicted octanol–water partition coefficient (Wildman–Crippen LogP) is 1.69. The summed E-state index contributed by atoms with van der Waals surface area (Å²) in [5.41, 5.74) is 6.06. The molecule has 1 aliphatic carbocycles. The summed E-state index contributed by atoms with van der Waals surface area (Å²) < 4.78 is 0. The van der Waals surface area contributed by atoms with Crippen LogP contribution in [0.3, 0.4) is 0 Å². The number of rotatable bonds is 6. The maximum atomic E-state index is 12.2. The monoisotopic (exact) mass is 281 g/mol. The third kappa shape index (κ3) is 4.45. The second-order valence-corrected chi connectivity index (χ2v) is 7.06. The first-order chi connectivity index (χ1) is 9.47. The van der Waals surface area contributed by atoms with Crippen LogP contribution < -0.4 is 5.73 Å². The molecule has 0 aromatic rings. The SMILES string of the molecule is CC(C)N(C)CC1CCN(C(=O)CC(N)C2CC2)CC1. The van der Waals surface area contributed by atoms with Crippen LogP contribution in [0.5, 0.6) is 0 Å². The highest BCUT2D eigenvalue weighted by atomic mass is 16.2.